The number of fused-ring (bicyclic) bond motifs is 2. The maximum Gasteiger partial charge on any atom is 0.230 e. The predicted octanol–water partition coefficient (Wildman–Crippen LogP) is 2.83. The molecule has 31 heavy (non-hydrogen) atoms. The second-order valence-electron chi connectivity index (χ2n) is 8.75. The third-order valence-corrected chi connectivity index (χ3v) is 6.44. The van der Waals surface area contributed by atoms with Gasteiger partial charge in [-0.05, 0) is 38.0 Å². The molecule has 8 heteroatoms. The van der Waals surface area contributed by atoms with Crippen LogP contribution in [0.4, 0.5) is 5.82 Å². The molecule has 6 rings (SSSR count). The molecule has 1 aliphatic carbocycles. The second kappa shape index (κ2) is 6.80. The van der Waals surface area contributed by atoms with Crippen molar-refractivity contribution in [2.45, 2.75) is 44.8 Å². The highest BCUT2D eigenvalue weighted by molar-refractivity contribution is 5.98. The molecule has 3 aromatic rings. The molecule has 0 spiro atoms. The number of anilines is 1. The van der Waals surface area contributed by atoms with E-state index in [4.69, 9.17) is 4.74 Å². The molecular formula is C23H23N5O3. The molecule has 2 atom stereocenters. The number of nitrogens with zero attached hydrogens (tertiary/aromatic N) is 3. The van der Waals surface area contributed by atoms with Gasteiger partial charge in [-0.2, -0.15) is 0 Å². The lowest BCUT2D eigenvalue weighted by Crippen LogP contribution is -2.25. The van der Waals surface area contributed by atoms with Gasteiger partial charge in [0.15, 0.2) is 0 Å². The number of nitrogens with one attached hydrogen (secondary N) is 2. The predicted molar refractivity (Wildman–Crippen MR) is 115 cm³/mol. The van der Waals surface area contributed by atoms with Crippen LogP contribution in [0.2, 0.25) is 0 Å². The Morgan fingerprint density at radius 2 is 2.06 bits per heavy atom. The van der Waals surface area contributed by atoms with Crippen LogP contribution in [0.3, 0.4) is 0 Å². The van der Waals surface area contributed by atoms with Crippen LogP contribution in [0.15, 0.2) is 30.6 Å². The first-order chi connectivity index (χ1) is 15.0. The van der Waals surface area contributed by atoms with Crippen molar-refractivity contribution in [1.29, 1.82) is 0 Å². The maximum atomic E-state index is 11.7. The summed E-state index contributed by atoms with van der Waals surface area (Å²) in [5.41, 5.74) is 4.42. The van der Waals surface area contributed by atoms with E-state index in [1.165, 1.54) is 0 Å². The minimum atomic E-state index is -0.118. The number of benzene rings is 1. The van der Waals surface area contributed by atoms with E-state index in [0.717, 1.165) is 46.4 Å². The lowest BCUT2D eigenvalue weighted by atomic mass is 10.0. The molecule has 8 nitrogen and oxygen atoms in total. The van der Waals surface area contributed by atoms with Crippen molar-refractivity contribution in [1.82, 2.24) is 19.9 Å². The van der Waals surface area contributed by atoms with Gasteiger partial charge < -0.3 is 19.9 Å². The summed E-state index contributed by atoms with van der Waals surface area (Å²) in [7, 11) is 0. The van der Waals surface area contributed by atoms with Crippen molar-refractivity contribution in [3.05, 3.63) is 36.2 Å². The summed E-state index contributed by atoms with van der Waals surface area (Å²) < 4.78 is 8.66. The fourth-order valence-electron chi connectivity index (χ4n) is 4.51. The van der Waals surface area contributed by atoms with Crippen molar-refractivity contribution in [3.63, 3.8) is 0 Å². The van der Waals surface area contributed by atoms with Crippen molar-refractivity contribution < 1.29 is 14.3 Å². The number of imidazole rings is 1. The van der Waals surface area contributed by atoms with E-state index in [9.17, 15) is 9.59 Å². The van der Waals surface area contributed by atoms with Crippen LogP contribution < -0.4 is 15.4 Å². The average Bonchev–Trinajstić information content (AvgIpc) is 3.17. The lowest BCUT2D eigenvalue weighted by molar-refractivity contribution is -0.119. The first-order valence-electron chi connectivity index (χ1n) is 10.8. The van der Waals surface area contributed by atoms with Gasteiger partial charge in [0.2, 0.25) is 11.8 Å². The monoisotopic (exact) mass is 417 g/mol. The molecule has 2 amide bonds. The normalized spacial score (nSPS) is 21.1. The molecule has 2 aliphatic heterocycles. The topological polar surface area (TPSA) is 98.1 Å². The number of amides is 2. The first kappa shape index (κ1) is 18.4. The standard InChI is InChI=1S/C23H23N5O3/c1-12(15-9-20(29)24-10-15)31-19-7-14(6-18-22(19)28(11-25-18)16-3-4-16)17-5-2-13-8-21(30)27-23(13)26-17/h2,5-7,11-12,15-16H,3-4,8-10H2,1H3,(H,24,29)(H,26,27,30)/t12-,15-/m1/s1. The van der Waals surface area contributed by atoms with Gasteiger partial charge in [-0.15, -0.1) is 0 Å². The van der Waals surface area contributed by atoms with E-state index in [1.807, 2.05) is 37.5 Å². The summed E-state index contributed by atoms with van der Waals surface area (Å²) in [6.45, 7) is 2.65. The summed E-state index contributed by atoms with van der Waals surface area (Å²) in [6, 6.07) is 8.39. The number of rotatable bonds is 5. The molecule has 4 heterocycles. The molecule has 2 fully saturated rings. The van der Waals surface area contributed by atoms with Gasteiger partial charge in [0, 0.05) is 36.1 Å². The fourth-order valence-corrected chi connectivity index (χ4v) is 4.51. The van der Waals surface area contributed by atoms with Crippen LogP contribution in [0, 0.1) is 5.92 Å². The van der Waals surface area contributed by atoms with E-state index >= 15 is 0 Å². The van der Waals surface area contributed by atoms with E-state index < -0.39 is 0 Å². The van der Waals surface area contributed by atoms with Gasteiger partial charge in [-0.1, -0.05) is 6.07 Å². The Kier molecular flexibility index (Phi) is 4.03. The molecule has 0 unspecified atom stereocenters. The zero-order valence-electron chi connectivity index (χ0n) is 17.2. The van der Waals surface area contributed by atoms with Gasteiger partial charge in [0.1, 0.15) is 23.2 Å². The Bertz CT molecular complexity index is 1230. The number of pyridine rings is 1. The Labute approximate surface area is 179 Å². The second-order valence-corrected chi connectivity index (χ2v) is 8.75. The quantitative estimate of drug-likeness (QED) is 0.665. The molecular weight excluding hydrogens is 394 g/mol. The summed E-state index contributed by atoms with van der Waals surface area (Å²) in [4.78, 5) is 32.7. The van der Waals surface area contributed by atoms with E-state index in [1.54, 1.807) is 0 Å². The summed E-state index contributed by atoms with van der Waals surface area (Å²) >= 11 is 0. The van der Waals surface area contributed by atoms with Gasteiger partial charge >= 0.3 is 0 Å². The number of hydrogen-bond acceptors (Lipinski definition) is 5. The smallest absolute Gasteiger partial charge is 0.230 e. The number of ether oxygens (including phenoxy) is 1. The Morgan fingerprint density at radius 3 is 2.84 bits per heavy atom. The summed E-state index contributed by atoms with van der Waals surface area (Å²) in [5, 5.41) is 5.71. The van der Waals surface area contributed by atoms with Crippen LogP contribution in [-0.2, 0) is 16.0 Å². The number of carbonyl (C=O) groups is 2. The molecule has 1 aromatic carbocycles. The molecule has 0 radical (unpaired) electrons. The van der Waals surface area contributed by atoms with Gasteiger partial charge in [-0.3, -0.25) is 9.59 Å². The third kappa shape index (κ3) is 3.22. The minimum absolute atomic E-state index is 0.0316. The first-order valence-corrected chi connectivity index (χ1v) is 10.8. The highest BCUT2D eigenvalue weighted by Crippen LogP contribution is 2.41. The summed E-state index contributed by atoms with van der Waals surface area (Å²) in [6.07, 6.45) is 4.92. The zero-order valence-corrected chi connectivity index (χ0v) is 17.2. The SMILES string of the molecule is C[C@@H](Oc1cc(-c2ccc3c(n2)NC(=O)C3)cc2ncn(C3CC3)c12)[C@H]1CNC(=O)C1. The Balaban J connectivity index is 1.41. The molecule has 2 N–H and O–H groups in total. The maximum absolute atomic E-state index is 11.7. The van der Waals surface area contributed by atoms with Gasteiger partial charge in [-0.25, -0.2) is 9.97 Å². The molecule has 3 aliphatic rings. The van der Waals surface area contributed by atoms with Crippen LogP contribution in [0.5, 0.6) is 5.75 Å². The highest BCUT2D eigenvalue weighted by Gasteiger charge is 2.31. The number of carbonyl (C=O) groups excluding carboxylic acids is 2. The zero-order chi connectivity index (χ0) is 21.1. The molecule has 1 saturated carbocycles. The van der Waals surface area contributed by atoms with Crippen molar-refractivity contribution in [2.75, 3.05) is 11.9 Å². The van der Waals surface area contributed by atoms with Crippen LogP contribution in [-0.4, -0.2) is 39.0 Å². The molecule has 1 saturated heterocycles. The van der Waals surface area contributed by atoms with Gasteiger partial charge in [0.05, 0.1) is 24.0 Å². The van der Waals surface area contributed by atoms with Crippen molar-refractivity contribution in [3.8, 4) is 17.0 Å². The lowest BCUT2D eigenvalue weighted by Gasteiger charge is -2.21. The van der Waals surface area contributed by atoms with Crippen molar-refractivity contribution >= 4 is 28.7 Å². The highest BCUT2D eigenvalue weighted by atomic mass is 16.5. The van der Waals surface area contributed by atoms with Crippen LogP contribution in [0.25, 0.3) is 22.3 Å². The fraction of sp³-hybridized carbons (Fsp3) is 0.391. The molecule has 2 aromatic heterocycles. The Hall–Kier alpha value is -3.42. The average molecular weight is 417 g/mol. The van der Waals surface area contributed by atoms with Gasteiger partial charge in [0.25, 0.3) is 0 Å². The third-order valence-electron chi connectivity index (χ3n) is 6.44. The summed E-state index contributed by atoms with van der Waals surface area (Å²) in [5.74, 6) is 1.56. The molecule has 0 bridgehead atoms. The van der Waals surface area contributed by atoms with Crippen LogP contribution in [0.1, 0.15) is 37.8 Å². The van der Waals surface area contributed by atoms with E-state index in [-0.39, 0.29) is 23.8 Å². The largest absolute Gasteiger partial charge is 0.488 e. The number of aromatic nitrogens is 3. The van der Waals surface area contributed by atoms with Crippen LogP contribution >= 0.6 is 0 Å². The van der Waals surface area contributed by atoms with E-state index in [0.29, 0.717) is 31.2 Å². The van der Waals surface area contributed by atoms with E-state index in [2.05, 4.69) is 25.2 Å². The molecule has 158 valence electrons. The Morgan fingerprint density at radius 1 is 1.19 bits per heavy atom. The van der Waals surface area contributed by atoms with Crippen molar-refractivity contribution in [2.24, 2.45) is 5.92 Å². The minimum Gasteiger partial charge on any atom is -0.488 e. The number of hydrogen-bond donors (Lipinski definition) is 2.